The van der Waals surface area contributed by atoms with Gasteiger partial charge in [0.15, 0.2) is 0 Å². The van der Waals surface area contributed by atoms with Crippen LogP contribution in [0.2, 0.25) is 0 Å². The van der Waals surface area contributed by atoms with Crippen molar-refractivity contribution in [2.24, 2.45) is 19.1 Å². The molecule has 8 nitrogen and oxygen atoms in total. The number of aromatic nitrogens is 2. The lowest BCUT2D eigenvalue weighted by atomic mass is 10.2. The van der Waals surface area contributed by atoms with Crippen molar-refractivity contribution < 1.29 is 5.11 Å². The van der Waals surface area contributed by atoms with Gasteiger partial charge in [0.1, 0.15) is 17.4 Å². The zero-order valence-corrected chi connectivity index (χ0v) is 14.8. The van der Waals surface area contributed by atoms with Crippen LogP contribution < -0.4 is 16.1 Å². The molecule has 0 atom stereocenters. The Balaban J connectivity index is 1.52. The highest BCUT2D eigenvalue weighted by molar-refractivity contribution is 5.91. The molecular weight excluding hydrogens is 334 g/mol. The normalized spacial score (nSPS) is 16.6. The fraction of sp³-hybridized carbons (Fsp3) is 0.389. The number of nitrogens with zero attached hydrogens (tertiary/aromatic N) is 5. The van der Waals surface area contributed by atoms with E-state index in [0.29, 0.717) is 17.8 Å². The molecule has 1 N–H and O–H groups in total. The molecule has 2 aliphatic heterocycles. The minimum Gasteiger partial charge on any atom is -0.508 e. The van der Waals surface area contributed by atoms with Crippen LogP contribution in [0.5, 0.6) is 5.75 Å². The van der Waals surface area contributed by atoms with E-state index in [-0.39, 0.29) is 17.0 Å². The molecule has 2 aliphatic rings. The van der Waals surface area contributed by atoms with Crippen LogP contribution in [-0.4, -0.2) is 51.2 Å². The molecule has 26 heavy (non-hydrogen) atoms. The van der Waals surface area contributed by atoms with Crippen molar-refractivity contribution in [1.29, 1.82) is 0 Å². The lowest BCUT2D eigenvalue weighted by molar-refractivity contribution is 0.382. The van der Waals surface area contributed by atoms with Crippen molar-refractivity contribution in [3.63, 3.8) is 0 Å². The summed E-state index contributed by atoms with van der Waals surface area (Å²) < 4.78 is 2.58. The molecule has 0 amide bonds. The monoisotopic (exact) mass is 355 g/mol. The summed E-state index contributed by atoms with van der Waals surface area (Å²) in [5.74, 6) is 1.59. The Bertz CT molecular complexity index is 995. The number of anilines is 1. The number of phenolic OH excluding ortho intramolecular Hbond substituents is 1. The van der Waals surface area contributed by atoms with Crippen LogP contribution in [0, 0.1) is 0 Å². The second kappa shape index (κ2) is 6.05. The van der Waals surface area contributed by atoms with Crippen LogP contribution in [0.1, 0.15) is 5.56 Å². The van der Waals surface area contributed by atoms with Crippen LogP contribution in [0.25, 0.3) is 0 Å². The molecule has 1 saturated heterocycles. The largest absolute Gasteiger partial charge is 0.508 e. The van der Waals surface area contributed by atoms with Gasteiger partial charge in [-0.05, 0) is 24.3 Å². The number of piperazine rings is 1. The summed E-state index contributed by atoms with van der Waals surface area (Å²) in [6.45, 7) is 3.25. The number of benzene rings is 1. The number of phenols is 1. The number of rotatable bonds is 1. The Hall–Kier alpha value is -3.03. The van der Waals surface area contributed by atoms with Gasteiger partial charge in [0, 0.05) is 52.4 Å². The van der Waals surface area contributed by atoms with E-state index in [1.807, 2.05) is 12.1 Å². The minimum atomic E-state index is -0.351. The average Bonchev–Trinajstić information content (AvgIpc) is 3.11. The van der Waals surface area contributed by atoms with E-state index >= 15 is 0 Å². The third-order valence-electron chi connectivity index (χ3n) is 5.15. The first kappa shape index (κ1) is 16.4. The summed E-state index contributed by atoms with van der Waals surface area (Å²) in [5, 5.41) is 9.42. The van der Waals surface area contributed by atoms with E-state index in [0.717, 1.165) is 42.3 Å². The summed E-state index contributed by atoms with van der Waals surface area (Å²) >= 11 is 0. The smallest absolute Gasteiger partial charge is 0.332 e. The summed E-state index contributed by atoms with van der Waals surface area (Å²) in [6, 6.07) is 7.20. The van der Waals surface area contributed by atoms with Crippen LogP contribution in [0.4, 0.5) is 11.5 Å². The second-order valence-corrected chi connectivity index (χ2v) is 6.70. The highest BCUT2D eigenvalue weighted by Crippen LogP contribution is 2.25. The Morgan fingerprint density at radius 1 is 0.923 bits per heavy atom. The molecule has 0 spiro atoms. The maximum atomic E-state index is 12.4. The number of aromatic hydroxyl groups is 1. The van der Waals surface area contributed by atoms with E-state index in [2.05, 4.69) is 14.8 Å². The molecule has 1 aromatic heterocycles. The molecule has 0 bridgehead atoms. The predicted molar refractivity (Wildman–Crippen MR) is 99.6 cm³/mol. The fourth-order valence-electron chi connectivity index (χ4n) is 3.59. The molecule has 1 aromatic carbocycles. The highest BCUT2D eigenvalue weighted by Gasteiger charge is 2.28. The van der Waals surface area contributed by atoms with Crippen LogP contribution in [0.3, 0.4) is 0 Å². The van der Waals surface area contributed by atoms with Gasteiger partial charge < -0.3 is 14.9 Å². The summed E-state index contributed by atoms with van der Waals surface area (Å²) in [5.41, 5.74) is 1.06. The van der Waals surface area contributed by atoms with Gasteiger partial charge in [0.05, 0.1) is 5.56 Å². The maximum absolute atomic E-state index is 12.4. The van der Waals surface area contributed by atoms with Crippen LogP contribution in [0.15, 0.2) is 38.8 Å². The van der Waals surface area contributed by atoms with Crippen LogP contribution >= 0.6 is 0 Å². The van der Waals surface area contributed by atoms with Gasteiger partial charge in [-0.15, -0.1) is 0 Å². The van der Waals surface area contributed by atoms with Crippen LogP contribution in [-0.2, 0) is 20.5 Å². The first-order valence-electron chi connectivity index (χ1n) is 8.61. The second-order valence-electron chi connectivity index (χ2n) is 6.70. The van der Waals surface area contributed by atoms with E-state index in [1.54, 1.807) is 19.2 Å². The third kappa shape index (κ3) is 2.58. The van der Waals surface area contributed by atoms with Crippen molar-refractivity contribution in [1.82, 2.24) is 14.0 Å². The number of hydrogen-bond acceptors (Lipinski definition) is 6. The van der Waals surface area contributed by atoms with Crippen molar-refractivity contribution >= 4 is 17.3 Å². The SMILES string of the molecule is Cn1c2c(c(=O)n(C)c1=O)CC(N1CCN(c3ccc(O)cc3)CC1)=N2. The predicted octanol–water partition coefficient (Wildman–Crippen LogP) is 0.198. The number of fused-ring (bicyclic) bond motifs is 1. The van der Waals surface area contributed by atoms with Crippen molar-refractivity contribution in [3.05, 3.63) is 50.7 Å². The first-order chi connectivity index (χ1) is 12.5. The molecular formula is C18H21N5O3. The zero-order valence-electron chi connectivity index (χ0n) is 14.8. The number of aliphatic imine (C=N–C) groups is 1. The van der Waals surface area contributed by atoms with E-state index in [9.17, 15) is 14.7 Å². The quantitative estimate of drug-likeness (QED) is 0.790. The average molecular weight is 355 g/mol. The Labute approximate surface area is 150 Å². The van der Waals surface area contributed by atoms with Gasteiger partial charge in [-0.2, -0.15) is 0 Å². The van der Waals surface area contributed by atoms with E-state index in [1.165, 1.54) is 11.6 Å². The molecule has 1 fully saturated rings. The van der Waals surface area contributed by atoms with E-state index < -0.39 is 0 Å². The highest BCUT2D eigenvalue weighted by atomic mass is 16.3. The summed E-state index contributed by atoms with van der Waals surface area (Å²) in [6.07, 6.45) is 0.468. The topological polar surface area (TPSA) is 83.1 Å². The molecule has 2 aromatic rings. The fourth-order valence-corrected chi connectivity index (χ4v) is 3.59. The van der Waals surface area contributed by atoms with Crippen molar-refractivity contribution in [2.75, 3.05) is 31.1 Å². The van der Waals surface area contributed by atoms with Crippen molar-refractivity contribution in [2.45, 2.75) is 6.42 Å². The number of amidine groups is 1. The summed E-state index contributed by atoms with van der Waals surface area (Å²) in [4.78, 5) is 33.5. The zero-order chi connectivity index (χ0) is 18.4. The molecule has 0 saturated carbocycles. The molecule has 4 rings (SSSR count). The molecule has 136 valence electrons. The number of hydrogen-bond donors (Lipinski definition) is 1. The van der Waals surface area contributed by atoms with Gasteiger partial charge in [-0.25, -0.2) is 9.79 Å². The molecule has 0 radical (unpaired) electrons. The first-order valence-corrected chi connectivity index (χ1v) is 8.61. The van der Waals surface area contributed by atoms with Gasteiger partial charge >= 0.3 is 5.69 Å². The molecule has 0 aliphatic carbocycles. The van der Waals surface area contributed by atoms with Gasteiger partial charge in [0.2, 0.25) is 0 Å². The Morgan fingerprint density at radius 2 is 1.54 bits per heavy atom. The molecule has 0 unspecified atom stereocenters. The summed E-state index contributed by atoms with van der Waals surface area (Å²) in [7, 11) is 3.15. The van der Waals surface area contributed by atoms with E-state index in [4.69, 9.17) is 0 Å². The Morgan fingerprint density at radius 3 is 2.19 bits per heavy atom. The molecule has 3 heterocycles. The third-order valence-corrected chi connectivity index (χ3v) is 5.15. The van der Waals surface area contributed by atoms with Crippen molar-refractivity contribution in [3.8, 4) is 5.75 Å². The molecule has 8 heteroatoms. The lowest BCUT2D eigenvalue weighted by Gasteiger charge is -2.37. The maximum Gasteiger partial charge on any atom is 0.332 e. The van der Waals surface area contributed by atoms with Gasteiger partial charge in [-0.1, -0.05) is 0 Å². The van der Waals surface area contributed by atoms with Gasteiger partial charge in [-0.3, -0.25) is 13.9 Å². The minimum absolute atomic E-state index is 0.260. The standard InChI is InChI=1S/C18H21N5O3/c1-20-16-14(17(25)21(2)18(20)26)11-15(19-16)23-9-7-22(8-10-23)12-3-5-13(24)6-4-12/h3-6,24H,7-11H2,1-2H3. The lowest BCUT2D eigenvalue weighted by Crippen LogP contribution is -2.49. The Kier molecular flexibility index (Phi) is 3.82. The van der Waals surface area contributed by atoms with Gasteiger partial charge in [0.25, 0.3) is 5.56 Å².